The van der Waals surface area contributed by atoms with Crippen molar-refractivity contribution in [1.29, 1.82) is 0 Å². The number of sulfonamides is 1. The minimum atomic E-state index is -3.83. The molecule has 0 fully saturated rings. The molecule has 11 heteroatoms. The van der Waals surface area contributed by atoms with Crippen LogP contribution in [0.25, 0.3) is 0 Å². The van der Waals surface area contributed by atoms with Crippen molar-refractivity contribution in [3.8, 4) is 5.75 Å². The Bertz CT molecular complexity index is 1160. The molecule has 0 bridgehead atoms. The molecule has 2 rings (SSSR count). The van der Waals surface area contributed by atoms with Gasteiger partial charge in [-0.3, -0.25) is 13.9 Å². The predicted molar refractivity (Wildman–Crippen MR) is 144 cm³/mol. The molecule has 0 radical (unpaired) electrons. The van der Waals surface area contributed by atoms with Gasteiger partial charge in [-0.05, 0) is 54.3 Å². The highest BCUT2D eigenvalue weighted by molar-refractivity contribution is 7.92. The maximum Gasteiger partial charge on any atom is 0.244 e. The molecule has 2 amide bonds. The number of carbonyl (C=O) groups excluding carboxylic acids is 2. The van der Waals surface area contributed by atoms with Gasteiger partial charge in [0.1, 0.15) is 18.3 Å². The topological polar surface area (TPSA) is 96.0 Å². The lowest BCUT2D eigenvalue weighted by Crippen LogP contribution is -2.52. The molecule has 0 unspecified atom stereocenters. The fraction of sp³-hybridized carbons (Fsp3) is 0.440. The lowest BCUT2D eigenvalue weighted by molar-refractivity contribution is -0.140. The van der Waals surface area contributed by atoms with Crippen molar-refractivity contribution in [2.75, 3.05) is 30.8 Å². The second-order valence-electron chi connectivity index (χ2n) is 8.79. The van der Waals surface area contributed by atoms with Crippen LogP contribution >= 0.6 is 23.2 Å². The zero-order chi connectivity index (χ0) is 27.0. The molecular formula is C25H33Cl2N3O5S. The van der Waals surface area contributed by atoms with Crippen LogP contribution in [0.15, 0.2) is 42.5 Å². The maximum atomic E-state index is 13.7. The van der Waals surface area contributed by atoms with Gasteiger partial charge in [0.25, 0.3) is 0 Å². The molecule has 36 heavy (non-hydrogen) atoms. The molecule has 0 saturated carbocycles. The number of anilines is 1. The molecule has 0 heterocycles. The summed E-state index contributed by atoms with van der Waals surface area (Å²) in [7, 11) is -2.32. The SMILES string of the molecule is CC[C@@H](C(=O)NCC(C)C)N(Cc1ccc(Cl)cc1Cl)C(=O)CN(c1ccc(OC)cc1)S(C)(=O)=O. The largest absolute Gasteiger partial charge is 0.497 e. The summed E-state index contributed by atoms with van der Waals surface area (Å²) < 4.78 is 31.5. The minimum Gasteiger partial charge on any atom is -0.497 e. The van der Waals surface area contributed by atoms with E-state index in [1.165, 1.54) is 12.0 Å². The first-order chi connectivity index (χ1) is 16.9. The van der Waals surface area contributed by atoms with Gasteiger partial charge in [-0.2, -0.15) is 0 Å². The van der Waals surface area contributed by atoms with Crippen molar-refractivity contribution in [1.82, 2.24) is 10.2 Å². The first-order valence-corrected chi connectivity index (χ1v) is 14.1. The molecule has 0 saturated heterocycles. The van der Waals surface area contributed by atoms with Crippen LogP contribution in [0.2, 0.25) is 10.0 Å². The summed E-state index contributed by atoms with van der Waals surface area (Å²) in [6, 6.07) is 10.4. The fourth-order valence-electron chi connectivity index (χ4n) is 3.54. The summed E-state index contributed by atoms with van der Waals surface area (Å²) in [5.74, 6) is -0.101. The Morgan fingerprint density at radius 2 is 1.72 bits per heavy atom. The average molecular weight is 559 g/mol. The number of hydrogen-bond donors (Lipinski definition) is 1. The number of rotatable bonds is 12. The number of halogens is 2. The summed E-state index contributed by atoms with van der Waals surface area (Å²) in [4.78, 5) is 28.1. The highest BCUT2D eigenvalue weighted by Crippen LogP contribution is 2.25. The monoisotopic (exact) mass is 557 g/mol. The molecule has 8 nitrogen and oxygen atoms in total. The summed E-state index contributed by atoms with van der Waals surface area (Å²) >= 11 is 12.4. The van der Waals surface area contributed by atoms with E-state index < -0.39 is 28.5 Å². The molecule has 0 aliphatic heterocycles. The summed E-state index contributed by atoms with van der Waals surface area (Å²) in [6.07, 6.45) is 1.35. The molecule has 1 N–H and O–H groups in total. The zero-order valence-electron chi connectivity index (χ0n) is 21.1. The van der Waals surface area contributed by atoms with Crippen LogP contribution in [0.3, 0.4) is 0 Å². The van der Waals surface area contributed by atoms with Crippen LogP contribution < -0.4 is 14.4 Å². The standard InChI is InChI=1S/C25H33Cl2N3O5S/c1-6-23(25(32)28-14-17(2)3)29(15-18-7-8-19(26)13-22(18)27)24(31)16-30(36(5,33)34)20-9-11-21(35-4)12-10-20/h7-13,17,23H,6,14-16H2,1-5H3,(H,28,32)/t23-/m0/s1. The maximum absolute atomic E-state index is 13.7. The summed E-state index contributed by atoms with van der Waals surface area (Å²) in [5, 5.41) is 3.65. The van der Waals surface area contributed by atoms with Crippen LogP contribution in [0.1, 0.15) is 32.8 Å². The molecule has 0 aromatic heterocycles. The van der Waals surface area contributed by atoms with Crippen LogP contribution in [0, 0.1) is 5.92 Å². The minimum absolute atomic E-state index is 0.00263. The first kappa shape index (κ1) is 29.7. The number of ether oxygens (including phenoxy) is 1. The van der Waals surface area contributed by atoms with Gasteiger partial charge in [-0.25, -0.2) is 8.42 Å². The van der Waals surface area contributed by atoms with Gasteiger partial charge >= 0.3 is 0 Å². The number of amides is 2. The Morgan fingerprint density at radius 3 is 2.22 bits per heavy atom. The van der Waals surface area contributed by atoms with E-state index in [9.17, 15) is 18.0 Å². The first-order valence-electron chi connectivity index (χ1n) is 11.5. The lowest BCUT2D eigenvalue weighted by Gasteiger charge is -2.33. The Balaban J connectivity index is 2.45. The third-order valence-corrected chi connectivity index (χ3v) is 7.19. The molecule has 198 valence electrons. The van der Waals surface area contributed by atoms with Gasteiger partial charge in [0, 0.05) is 23.1 Å². The fourth-order valence-corrected chi connectivity index (χ4v) is 4.86. The van der Waals surface area contributed by atoms with Crippen LogP contribution in [-0.2, 0) is 26.2 Å². The summed E-state index contributed by atoms with van der Waals surface area (Å²) in [5.41, 5.74) is 0.883. The second-order valence-corrected chi connectivity index (χ2v) is 11.5. The average Bonchev–Trinajstić information content (AvgIpc) is 2.81. The normalized spacial score (nSPS) is 12.2. The van der Waals surface area contributed by atoms with Gasteiger partial charge in [0.15, 0.2) is 0 Å². The van der Waals surface area contributed by atoms with Gasteiger partial charge in [-0.15, -0.1) is 0 Å². The van der Waals surface area contributed by atoms with E-state index in [0.717, 1.165) is 10.6 Å². The van der Waals surface area contributed by atoms with E-state index >= 15 is 0 Å². The number of hydrogen-bond acceptors (Lipinski definition) is 5. The van der Waals surface area contributed by atoms with Crippen LogP contribution in [0.4, 0.5) is 5.69 Å². The molecule has 1 atom stereocenters. The lowest BCUT2D eigenvalue weighted by atomic mass is 10.1. The smallest absolute Gasteiger partial charge is 0.244 e. The van der Waals surface area contributed by atoms with Crippen molar-refractivity contribution in [2.24, 2.45) is 5.92 Å². The van der Waals surface area contributed by atoms with E-state index in [0.29, 0.717) is 40.0 Å². The van der Waals surface area contributed by atoms with E-state index in [4.69, 9.17) is 27.9 Å². The highest BCUT2D eigenvalue weighted by Gasteiger charge is 2.32. The number of nitrogens with zero attached hydrogens (tertiary/aromatic N) is 2. The Kier molecular flexibility index (Phi) is 10.9. The third kappa shape index (κ3) is 8.28. The molecule has 2 aromatic rings. The number of nitrogens with one attached hydrogen (secondary N) is 1. The van der Waals surface area contributed by atoms with E-state index in [-0.39, 0.29) is 18.4 Å². The van der Waals surface area contributed by atoms with Crippen molar-refractivity contribution in [2.45, 2.75) is 39.8 Å². The Hall–Kier alpha value is -2.49. The van der Waals surface area contributed by atoms with Crippen molar-refractivity contribution >= 4 is 50.7 Å². The Morgan fingerprint density at radius 1 is 1.08 bits per heavy atom. The van der Waals surface area contributed by atoms with Crippen LogP contribution in [0.5, 0.6) is 5.75 Å². The molecule has 0 aliphatic rings. The zero-order valence-corrected chi connectivity index (χ0v) is 23.5. The molecule has 0 spiro atoms. The predicted octanol–water partition coefficient (Wildman–Crippen LogP) is 4.35. The van der Waals surface area contributed by atoms with Crippen molar-refractivity contribution < 1.29 is 22.7 Å². The van der Waals surface area contributed by atoms with Gasteiger partial charge < -0.3 is 15.0 Å². The van der Waals surface area contributed by atoms with E-state index in [1.807, 2.05) is 13.8 Å². The van der Waals surface area contributed by atoms with Crippen molar-refractivity contribution in [3.05, 3.63) is 58.1 Å². The number of carbonyl (C=O) groups is 2. The molecule has 0 aliphatic carbocycles. The number of benzene rings is 2. The van der Waals surface area contributed by atoms with Gasteiger partial charge in [0.2, 0.25) is 21.8 Å². The third-order valence-electron chi connectivity index (χ3n) is 5.47. The van der Waals surface area contributed by atoms with Crippen molar-refractivity contribution in [3.63, 3.8) is 0 Å². The molecule has 2 aromatic carbocycles. The van der Waals surface area contributed by atoms with Gasteiger partial charge in [0.05, 0.1) is 19.1 Å². The summed E-state index contributed by atoms with van der Waals surface area (Å²) in [6.45, 7) is 5.68. The van der Waals surface area contributed by atoms with E-state index in [1.54, 1.807) is 49.4 Å². The van der Waals surface area contributed by atoms with Gasteiger partial charge in [-0.1, -0.05) is 50.0 Å². The Labute approximate surface area is 223 Å². The molecular weight excluding hydrogens is 525 g/mol. The number of methoxy groups -OCH3 is 1. The van der Waals surface area contributed by atoms with Crippen LogP contribution in [-0.4, -0.2) is 57.6 Å². The second kappa shape index (κ2) is 13.2. The quantitative estimate of drug-likeness (QED) is 0.418. The highest BCUT2D eigenvalue weighted by atomic mass is 35.5. The van der Waals surface area contributed by atoms with E-state index in [2.05, 4.69) is 5.32 Å².